The number of ketones is 1. The monoisotopic (exact) mass is 361 g/mol. The van der Waals surface area contributed by atoms with E-state index in [4.69, 9.17) is 15.2 Å². The number of Topliss-reactive ketones (excluding diaryl/α,β-unsaturated/α-hetero) is 1. The van der Waals surface area contributed by atoms with Gasteiger partial charge in [-0.2, -0.15) is 0 Å². The lowest BCUT2D eigenvalue weighted by Gasteiger charge is -2.19. The summed E-state index contributed by atoms with van der Waals surface area (Å²) >= 11 is 0. The molecule has 0 aromatic heterocycles. The number of nitrogens with one attached hydrogen (secondary N) is 2. The van der Waals surface area contributed by atoms with Crippen LogP contribution in [0.15, 0.2) is 0 Å². The molecule has 0 bridgehead atoms. The van der Waals surface area contributed by atoms with Crippen LogP contribution in [0.25, 0.3) is 0 Å². The molecular weight excluding hydrogens is 326 g/mol. The zero-order valence-electron chi connectivity index (χ0n) is 16.7. The summed E-state index contributed by atoms with van der Waals surface area (Å²) in [5, 5.41) is 5.08. The van der Waals surface area contributed by atoms with E-state index < -0.39 is 23.4 Å². The molecule has 0 unspecified atom stereocenters. The van der Waals surface area contributed by atoms with Crippen molar-refractivity contribution in [3.63, 3.8) is 0 Å². The minimum Gasteiger partial charge on any atom is -0.444 e. The lowest BCUT2D eigenvalue weighted by atomic mass is 10.2. The first-order chi connectivity index (χ1) is 11.3. The highest BCUT2D eigenvalue weighted by Gasteiger charge is 2.15. The summed E-state index contributed by atoms with van der Waals surface area (Å²) in [6, 6.07) is 0. The third-order valence-electron chi connectivity index (χ3n) is 2.19. The molecular formula is C17H35N3O5. The molecule has 0 saturated carbocycles. The molecule has 0 aliphatic heterocycles. The van der Waals surface area contributed by atoms with E-state index in [2.05, 4.69) is 10.6 Å². The molecule has 8 nitrogen and oxygen atoms in total. The van der Waals surface area contributed by atoms with Crippen LogP contribution in [0.3, 0.4) is 0 Å². The van der Waals surface area contributed by atoms with Crippen molar-refractivity contribution in [2.75, 3.05) is 19.6 Å². The summed E-state index contributed by atoms with van der Waals surface area (Å²) < 4.78 is 9.94. The Hall–Kier alpha value is -1.83. The van der Waals surface area contributed by atoms with Crippen LogP contribution in [0.5, 0.6) is 0 Å². The molecule has 0 fully saturated rings. The molecule has 0 spiro atoms. The van der Waals surface area contributed by atoms with Crippen molar-refractivity contribution in [1.82, 2.24) is 10.6 Å². The number of carbonyl (C=O) groups is 3. The summed E-state index contributed by atoms with van der Waals surface area (Å²) in [4.78, 5) is 32.5. The average Bonchev–Trinajstić information content (AvgIpc) is 2.38. The third-order valence-corrected chi connectivity index (χ3v) is 2.19. The van der Waals surface area contributed by atoms with E-state index in [0.29, 0.717) is 32.5 Å². The molecule has 0 saturated heterocycles. The largest absolute Gasteiger partial charge is 0.444 e. The van der Waals surface area contributed by atoms with Crippen LogP contribution in [-0.2, 0) is 14.3 Å². The molecule has 0 aliphatic rings. The van der Waals surface area contributed by atoms with Crippen LogP contribution >= 0.6 is 0 Å². The van der Waals surface area contributed by atoms with Gasteiger partial charge in [-0.05, 0) is 54.9 Å². The first-order valence-corrected chi connectivity index (χ1v) is 8.40. The predicted octanol–water partition coefficient (Wildman–Crippen LogP) is 2.35. The van der Waals surface area contributed by atoms with Gasteiger partial charge in [0.25, 0.3) is 0 Å². The zero-order valence-corrected chi connectivity index (χ0v) is 16.7. The van der Waals surface area contributed by atoms with Crippen LogP contribution in [0.1, 0.15) is 61.3 Å². The summed E-state index contributed by atoms with van der Waals surface area (Å²) in [5.41, 5.74) is 4.27. The summed E-state index contributed by atoms with van der Waals surface area (Å²) in [6.45, 7) is 13.8. The molecule has 4 N–H and O–H groups in total. The Morgan fingerprint density at radius 1 is 0.840 bits per heavy atom. The summed E-state index contributed by atoms with van der Waals surface area (Å²) in [5.74, 6) is 0.135. The number of carbonyl (C=O) groups excluding carboxylic acids is 3. The maximum Gasteiger partial charge on any atom is 0.407 e. The average molecular weight is 361 g/mol. The number of alkyl carbamates (subject to hydrolysis) is 2. The number of rotatable bonds is 6. The fourth-order valence-corrected chi connectivity index (χ4v) is 1.33. The quantitative estimate of drug-likeness (QED) is 0.625. The van der Waals surface area contributed by atoms with Gasteiger partial charge in [-0.1, -0.05) is 0 Å². The fraction of sp³-hybridized carbons (Fsp3) is 0.824. The van der Waals surface area contributed by atoms with Crippen LogP contribution in [0.4, 0.5) is 9.59 Å². The Labute approximate surface area is 151 Å². The lowest BCUT2D eigenvalue weighted by molar-refractivity contribution is -0.117. The van der Waals surface area contributed by atoms with Crippen molar-refractivity contribution in [1.29, 1.82) is 0 Å². The first kappa shape index (κ1) is 25.4. The SMILES string of the molecule is CC(=O)CCCNC(=O)OC(C)(C)C.CC(C)(C)OC(=O)NCCN. The second kappa shape index (κ2) is 12.5. The van der Waals surface area contributed by atoms with Gasteiger partial charge in [0.05, 0.1) is 0 Å². The van der Waals surface area contributed by atoms with Crippen molar-refractivity contribution in [2.45, 2.75) is 72.5 Å². The number of ether oxygens (including phenoxy) is 2. The normalized spacial score (nSPS) is 10.9. The van der Waals surface area contributed by atoms with Crippen LogP contribution < -0.4 is 16.4 Å². The maximum absolute atomic E-state index is 11.1. The minimum absolute atomic E-state index is 0.135. The molecule has 0 aromatic rings. The summed E-state index contributed by atoms with van der Waals surface area (Å²) in [7, 11) is 0. The zero-order chi connectivity index (χ0) is 20.1. The Kier molecular flexibility index (Phi) is 12.7. The van der Waals surface area contributed by atoms with Crippen molar-refractivity contribution >= 4 is 18.0 Å². The smallest absolute Gasteiger partial charge is 0.407 e. The molecule has 0 rings (SSSR count). The van der Waals surface area contributed by atoms with Crippen molar-refractivity contribution in [3.8, 4) is 0 Å². The highest BCUT2D eigenvalue weighted by atomic mass is 16.6. The number of amides is 2. The third kappa shape index (κ3) is 24.5. The van der Waals surface area contributed by atoms with Gasteiger partial charge in [-0.25, -0.2) is 9.59 Å². The van der Waals surface area contributed by atoms with Crippen LogP contribution in [0, 0.1) is 0 Å². The molecule has 25 heavy (non-hydrogen) atoms. The van der Waals surface area contributed by atoms with Crippen molar-refractivity contribution < 1.29 is 23.9 Å². The first-order valence-electron chi connectivity index (χ1n) is 8.40. The van der Waals surface area contributed by atoms with E-state index in [0.717, 1.165) is 0 Å². The van der Waals surface area contributed by atoms with Gasteiger partial charge in [0.2, 0.25) is 0 Å². The minimum atomic E-state index is -0.468. The van der Waals surface area contributed by atoms with Gasteiger partial charge in [0.15, 0.2) is 0 Å². The highest BCUT2D eigenvalue weighted by molar-refractivity contribution is 5.75. The molecule has 148 valence electrons. The maximum atomic E-state index is 11.1. The molecule has 0 heterocycles. The number of nitrogens with two attached hydrogens (primary N) is 1. The van der Waals surface area contributed by atoms with Crippen LogP contribution in [-0.4, -0.2) is 48.8 Å². The molecule has 0 aliphatic carbocycles. The number of hydrogen-bond donors (Lipinski definition) is 3. The van der Waals surface area contributed by atoms with Crippen molar-refractivity contribution in [3.05, 3.63) is 0 Å². The fourth-order valence-electron chi connectivity index (χ4n) is 1.33. The van der Waals surface area contributed by atoms with Gasteiger partial charge in [0.1, 0.15) is 17.0 Å². The summed E-state index contributed by atoms with van der Waals surface area (Å²) in [6.07, 6.45) is 0.314. The van der Waals surface area contributed by atoms with Crippen molar-refractivity contribution in [2.24, 2.45) is 5.73 Å². The Balaban J connectivity index is 0. The number of hydrogen-bond acceptors (Lipinski definition) is 6. The molecule has 0 atom stereocenters. The van der Waals surface area contributed by atoms with Gasteiger partial charge < -0.3 is 30.6 Å². The van der Waals surface area contributed by atoms with Gasteiger partial charge >= 0.3 is 12.2 Å². The standard InChI is InChI=1S/C10H19NO3.C7H16N2O2/c1-8(12)6-5-7-11-9(13)14-10(2,3)4;1-7(2,3)11-6(10)9-5-4-8/h5-7H2,1-4H3,(H,11,13);4-5,8H2,1-3H3,(H,9,10). The lowest BCUT2D eigenvalue weighted by Crippen LogP contribution is -2.35. The molecule has 2 amide bonds. The van der Waals surface area contributed by atoms with E-state index >= 15 is 0 Å². The topological polar surface area (TPSA) is 120 Å². The van der Waals surface area contributed by atoms with E-state index in [1.54, 1.807) is 0 Å². The molecule has 0 aromatic carbocycles. The van der Waals surface area contributed by atoms with E-state index in [1.165, 1.54) is 6.92 Å². The highest BCUT2D eigenvalue weighted by Crippen LogP contribution is 2.06. The Morgan fingerprint density at radius 2 is 1.24 bits per heavy atom. The Morgan fingerprint density at radius 3 is 1.56 bits per heavy atom. The van der Waals surface area contributed by atoms with Gasteiger partial charge in [0, 0.05) is 26.1 Å². The van der Waals surface area contributed by atoms with Gasteiger partial charge in [-0.15, -0.1) is 0 Å². The van der Waals surface area contributed by atoms with E-state index in [1.807, 2.05) is 41.5 Å². The predicted molar refractivity (Wildman–Crippen MR) is 97.4 cm³/mol. The second-order valence-corrected chi connectivity index (χ2v) is 7.45. The molecule has 8 heteroatoms. The second-order valence-electron chi connectivity index (χ2n) is 7.45. The van der Waals surface area contributed by atoms with Gasteiger partial charge in [-0.3, -0.25) is 0 Å². The van der Waals surface area contributed by atoms with E-state index in [-0.39, 0.29) is 5.78 Å². The van der Waals surface area contributed by atoms with Crippen LogP contribution in [0.2, 0.25) is 0 Å². The molecule has 0 radical (unpaired) electrons. The van der Waals surface area contributed by atoms with E-state index in [9.17, 15) is 14.4 Å². The Bertz CT molecular complexity index is 411.